The third-order valence-corrected chi connectivity index (χ3v) is 4.09. The zero-order valence-electron chi connectivity index (χ0n) is 15.5. The fourth-order valence-corrected chi connectivity index (χ4v) is 2.33. The number of nitrogens with one attached hydrogen (secondary N) is 4. The minimum Gasteiger partial charge on any atom is -0.393 e. The van der Waals surface area contributed by atoms with E-state index in [0.29, 0.717) is 11.4 Å². The van der Waals surface area contributed by atoms with Crippen LogP contribution in [-0.2, 0) is 9.59 Å². The standard InChI is InChI=1S/C20H26N4O3/c1-14(2)18(25)13-17(19(26)23-21-15-9-5-3-6-10-15)20(27)24-22-16-11-7-4-8-12-16/h3-12,14,17-18,21-22,25H,13H2,1-2H3,(H,23,26)(H,24,27). The molecule has 144 valence electrons. The van der Waals surface area contributed by atoms with Gasteiger partial charge in [-0.15, -0.1) is 0 Å². The molecular formula is C20H26N4O3. The minimum atomic E-state index is -1.06. The van der Waals surface area contributed by atoms with Crippen molar-refractivity contribution in [2.24, 2.45) is 11.8 Å². The zero-order chi connectivity index (χ0) is 19.6. The van der Waals surface area contributed by atoms with Crippen molar-refractivity contribution in [1.29, 1.82) is 0 Å². The summed E-state index contributed by atoms with van der Waals surface area (Å²) in [5.41, 5.74) is 12.0. The Kier molecular flexibility index (Phi) is 7.63. The lowest BCUT2D eigenvalue weighted by Gasteiger charge is -2.22. The van der Waals surface area contributed by atoms with Crippen molar-refractivity contribution in [3.05, 3.63) is 60.7 Å². The lowest BCUT2D eigenvalue weighted by atomic mass is 9.94. The average molecular weight is 370 g/mol. The van der Waals surface area contributed by atoms with Gasteiger partial charge in [0.25, 0.3) is 11.8 Å². The van der Waals surface area contributed by atoms with Crippen LogP contribution < -0.4 is 21.7 Å². The summed E-state index contributed by atoms with van der Waals surface area (Å²) in [6.45, 7) is 3.67. The second kappa shape index (κ2) is 10.2. The molecule has 5 N–H and O–H groups in total. The van der Waals surface area contributed by atoms with Crippen molar-refractivity contribution >= 4 is 23.2 Å². The van der Waals surface area contributed by atoms with Crippen LogP contribution in [0.4, 0.5) is 11.4 Å². The summed E-state index contributed by atoms with van der Waals surface area (Å²) in [6.07, 6.45) is -0.762. The monoisotopic (exact) mass is 370 g/mol. The highest BCUT2D eigenvalue weighted by atomic mass is 16.3. The largest absolute Gasteiger partial charge is 0.393 e. The van der Waals surface area contributed by atoms with Crippen LogP contribution in [0.25, 0.3) is 0 Å². The van der Waals surface area contributed by atoms with Gasteiger partial charge in [0, 0.05) is 0 Å². The topological polar surface area (TPSA) is 102 Å². The summed E-state index contributed by atoms with van der Waals surface area (Å²) in [7, 11) is 0. The molecule has 2 amide bonds. The smallest absolute Gasteiger partial charge is 0.251 e. The predicted molar refractivity (Wildman–Crippen MR) is 105 cm³/mol. The summed E-state index contributed by atoms with van der Waals surface area (Å²) < 4.78 is 0. The molecule has 0 aliphatic carbocycles. The van der Waals surface area contributed by atoms with Crippen LogP contribution in [-0.4, -0.2) is 23.0 Å². The van der Waals surface area contributed by atoms with E-state index in [1.165, 1.54) is 0 Å². The van der Waals surface area contributed by atoms with Crippen LogP contribution in [0.3, 0.4) is 0 Å². The summed E-state index contributed by atoms with van der Waals surface area (Å²) >= 11 is 0. The number of aliphatic hydroxyl groups excluding tert-OH is 1. The van der Waals surface area contributed by atoms with Gasteiger partial charge in [-0.05, 0) is 36.6 Å². The van der Waals surface area contributed by atoms with E-state index in [0.717, 1.165) is 0 Å². The van der Waals surface area contributed by atoms with Crippen LogP contribution in [0.5, 0.6) is 0 Å². The minimum absolute atomic E-state index is 0.0161. The molecule has 1 atom stereocenters. The SMILES string of the molecule is CC(C)C(O)CC(C(=O)NNc1ccccc1)C(=O)NNc1ccccc1. The number of hydrazine groups is 2. The van der Waals surface area contributed by atoms with E-state index in [-0.39, 0.29) is 12.3 Å². The van der Waals surface area contributed by atoms with E-state index in [9.17, 15) is 14.7 Å². The number of carbonyl (C=O) groups excluding carboxylic acids is 2. The molecule has 0 saturated heterocycles. The Labute approximate surface area is 159 Å². The summed E-state index contributed by atoms with van der Waals surface area (Å²) in [6, 6.07) is 18.2. The van der Waals surface area contributed by atoms with E-state index < -0.39 is 23.8 Å². The zero-order valence-corrected chi connectivity index (χ0v) is 15.5. The Hall–Kier alpha value is -3.06. The fourth-order valence-electron chi connectivity index (χ4n) is 2.33. The number of amides is 2. The Morgan fingerprint density at radius 2 is 1.22 bits per heavy atom. The highest BCUT2D eigenvalue weighted by Gasteiger charge is 2.30. The normalized spacial score (nSPS) is 11.7. The van der Waals surface area contributed by atoms with Gasteiger partial charge in [-0.3, -0.25) is 31.3 Å². The third kappa shape index (κ3) is 6.63. The first-order chi connectivity index (χ1) is 13.0. The van der Waals surface area contributed by atoms with E-state index in [1.807, 2.05) is 50.2 Å². The van der Waals surface area contributed by atoms with E-state index in [2.05, 4.69) is 21.7 Å². The van der Waals surface area contributed by atoms with Crippen molar-refractivity contribution < 1.29 is 14.7 Å². The molecular weight excluding hydrogens is 344 g/mol. The Balaban J connectivity index is 2.00. The number of rotatable bonds is 9. The maximum Gasteiger partial charge on any atom is 0.251 e. The maximum atomic E-state index is 12.6. The van der Waals surface area contributed by atoms with Crippen molar-refractivity contribution in [2.45, 2.75) is 26.4 Å². The first-order valence-corrected chi connectivity index (χ1v) is 8.87. The molecule has 0 aromatic heterocycles. The summed E-state index contributed by atoms with van der Waals surface area (Å²) in [4.78, 5) is 25.1. The molecule has 0 heterocycles. The molecule has 0 aliphatic rings. The van der Waals surface area contributed by atoms with Crippen LogP contribution in [0.2, 0.25) is 0 Å². The van der Waals surface area contributed by atoms with Gasteiger partial charge in [0.05, 0.1) is 17.5 Å². The highest BCUT2D eigenvalue weighted by molar-refractivity contribution is 6.01. The average Bonchev–Trinajstić information content (AvgIpc) is 2.69. The Morgan fingerprint density at radius 1 is 0.815 bits per heavy atom. The van der Waals surface area contributed by atoms with Gasteiger partial charge >= 0.3 is 0 Å². The predicted octanol–water partition coefficient (Wildman–Crippen LogP) is 2.30. The van der Waals surface area contributed by atoms with Crippen LogP contribution in [0, 0.1) is 11.8 Å². The maximum absolute atomic E-state index is 12.6. The molecule has 0 fully saturated rings. The number of anilines is 2. The number of hydrogen-bond acceptors (Lipinski definition) is 5. The van der Waals surface area contributed by atoms with Crippen LogP contribution in [0.1, 0.15) is 20.3 Å². The quantitative estimate of drug-likeness (QED) is 0.344. The number of benzene rings is 2. The fraction of sp³-hybridized carbons (Fsp3) is 0.300. The lowest BCUT2D eigenvalue weighted by Crippen LogP contribution is -2.46. The molecule has 0 aliphatic heterocycles. The van der Waals surface area contributed by atoms with Crippen molar-refractivity contribution in [1.82, 2.24) is 10.9 Å². The van der Waals surface area contributed by atoms with Gasteiger partial charge in [0.15, 0.2) is 0 Å². The van der Waals surface area contributed by atoms with Gasteiger partial charge in [-0.25, -0.2) is 0 Å². The van der Waals surface area contributed by atoms with Crippen molar-refractivity contribution in [3.8, 4) is 0 Å². The first kappa shape index (κ1) is 20.3. The molecule has 0 spiro atoms. The highest BCUT2D eigenvalue weighted by Crippen LogP contribution is 2.15. The summed E-state index contributed by atoms with van der Waals surface area (Å²) in [5, 5.41) is 10.2. The molecule has 2 rings (SSSR count). The number of hydrogen-bond donors (Lipinski definition) is 5. The molecule has 0 bridgehead atoms. The molecule has 2 aromatic carbocycles. The van der Waals surface area contributed by atoms with E-state index in [4.69, 9.17) is 0 Å². The van der Waals surface area contributed by atoms with Crippen LogP contribution >= 0.6 is 0 Å². The Bertz CT molecular complexity index is 667. The molecule has 7 nitrogen and oxygen atoms in total. The van der Waals surface area contributed by atoms with Crippen molar-refractivity contribution in [3.63, 3.8) is 0 Å². The first-order valence-electron chi connectivity index (χ1n) is 8.87. The molecule has 0 radical (unpaired) electrons. The second-order valence-corrected chi connectivity index (χ2v) is 6.56. The van der Waals surface area contributed by atoms with Crippen LogP contribution in [0.15, 0.2) is 60.7 Å². The number of carbonyl (C=O) groups is 2. The number of aliphatic hydroxyl groups is 1. The number of para-hydroxylation sites is 2. The van der Waals surface area contributed by atoms with Gasteiger partial charge in [0.2, 0.25) is 0 Å². The molecule has 2 aromatic rings. The lowest BCUT2D eigenvalue weighted by molar-refractivity contribution is -0.136. The van der Waals surface area contributed by atoms with E-state index in [1.54, 1.807) is 24.3 Å². The van der Waals surface area contributed by atoms with Crippen molar-refractivity contribution in [2.75, 3.05) is 10.9 Å². The van der Waals surface area contributed by atoms with E-state index >= 15 is 0 Å². The second-order valence-electron chi connectivity index (χ2n) is 6.56. The molecule has 7 heteroatoms. The summed E-state index contributed by atoms with van der Waals surface area (Å²) in [5.74, 6) is -2.18. The molecule has 1 unspecified atom stereocenters. The van der Waals surface area contributed by atoms with Gasteiger partial charge in [-0.2, -0.15) is 0 Å². The van der Waals surface area contributed by atoms with Gasteiger partial charge in [0.1, 0.15) is 5.92 Å². The Morgan fingerprint density at radius 3 is 1.59 bits per heavy atom. The molecule has 27 heavy (non-hydrogen) atoms. The van der Waals surface area contributed by atoms with Gasteiger partial charge < -0.3 is 5.11 Å². The third-order valence-electron chi connectivity index (χ3n) is 4.09. The van der Waals surface area contributed by atoms with Gasteiger partial charge in [-0.1, -0.05) is 50.2 Å². The molecule has 0 saturated carbocycles.